The summed E-state index contributed by atoms with van der Waals surface area (Å²) in [5.74, 6) is -0.0685. The quantitative estimate of drug-likeness (QED) is 0.887. The number of hydrogen-bond donors (Lipinski definition) is 1. The van der Waals surface area contributed by atoms with Crippen LogP contribution in [0, 0.1) is 0 Å². The van der Waals surface area contributed by atoms with E-state index in [4.69, 9.17) is 0 Å². The van der Waals surface area contributed by atoms with Gasteiger partial charge in [-0.25, -0.2) is 4.68 Å². The molecule has 1 atom stereocenters. The molecule has 0 radical (unpaired) electrons. The molecule has 0 bridgehead atoms. The van der Waals surface area contributed by atoms with Crippen molar-refractivity contribution in [1.29, 1.82) is 0 Å². The fraction of sp³-hybridized carbons (Fsp3) is 0.467. The van der Waals surface area contributed by atoms with Crippen LogP contribution in [0.5, 0.6) is 0 Å². The lowest BCUT2D eigenvalue weighted by atomic mass is 10.2. The van der Waals surface area contributed by atoms with Crippen LogP contribution >= 0.6 is 0 Å². The van der Waals surface area contributed by atoms with Crippen LogP contribution in [-0.4, -0.2) is 56.7 Å². The minimum absolute atomic E-state index is 0.0685. The number of likely N-dealkylation sites (tertiary alicyclic amines) is 1. The third-order valence-electron chi connectivity index (χ3n) is 4.04. The number of benzene rings is 1. The van der Waals surface area contributed by atoms with Crippen molar-refractivity contribution in [2.24, 2.45) is 0 Å². The summed E-state index contributed by atoms with van der Waals surface area (Å²) in [6.45, 7) is 5.08. The van der Waals surface area contributed by atoms with Crippen LogP contribution in [0.3, 0.4) is 0 Å². The summed E-state index contributed by atoms with van der Waals surface area (Å²) >= 11 is 0. The normalized spacial score (nSPS) is 16.6. The largest absolute Gasteiger partial charge is 0.350 e. The van der Waals surface area contributed by atoms with Crippen molar-refractivity contribution in [3.05, 3.63) is 36.2 Å². The molecule has 1 aliphatic heterocycles. The molecule has 3 rings (SSSR count). The van der Waals surface area contributed by atoms with Gasteiger partial charge < -0.3 is 5.32 Å². The molecule has 1 aromatic heterocycles. The van der Waals surface area contributed by atoms with Crippen LogP contribution in [-0.2, 0) is 0 Å². The van der Waals surface area contributed by atoms with Crippen molar-refractivity contribution in [3.8, 4) is 5.69 Å². The second kappa shape index (κ2) is 6.65. The zero-order valence-corrected chi connectivity index (χ0v) is 12.6. The van der Waals surface area contributed by atoms with Gasteiger partial charge in [0.25, 0.3) is 5.91 Å². The van der Waals surface area contributed by atoms with E-state index in [2.05, 4.69) is 32.7 Å². The zero-order valence-electron chi connectivity index (χ0n) is 12.6. The predicted octanol–water partition coefficient (Wildman–Crippen LogP) is 0.876. The molecule has 2 heterocycles. The SMILES string of the molecule is C[C@H](CNC(=O)c1cccc(-n2cnnn2)c1)N1CCCC1. The molecule has 1 amide bonds. The lowest BCUT2D eigenvalue weighted by Crippen LogP contribution is -2.40. The number of rotatable bonds is 5. The molecule has 0 spiro atoms. The fourth-order valence-electron chi connectivity index (χ4n) is 2.72. The van der Waals surface area contributed by atoms with Crippen LogP contribution < -0.4 is 5.32 Å². The summed E-state index contributed by atoms with van der Waals surface area (Å²) in [6, 6.07) is 7.64. The average Bonchev–Trinajstić information content (AvgIpc) is 3.25. The number of hydrogen-bond acceptors (Lipinski definition) is 5. The maximum Gasteiger partial charge on any atom is 0.251 e. The molecule has 1 saturated heterocycles. The second-order valence-electron chi connectivity index (χ2n) is 5.61. The van der Waals surface area contributed by atoms with Crippen molar-refractivity contribution in [2.45, 2.75) is 25.8 Å². The Morgan fingerprint density at radius 3 is 2.91 bits per heavy atom. The van der Waals surface area contributed by atoms with Gasteiger partial charge in [0.1, 0.15) is 6.33 Å². The predicted molar refractivity (Wildman–Crippen MR) is 81.8 cm³/mol. The molecule has 7 nitrogen and oxygen atoms in total. The lowest BCUT2D eigenvalue weighted by molar-refractivity contribution is 0.0940. The summed E-state index contributed by atoms with van der Waals surface area (Å²) in [7, 11) is 0. The van der Waals surface area contributed by atoms with Crippen LogP contribution in [0.4, 0.5) is 0 Å². The van der Waals surface area contributed by atoms with E-state index < -0.39 is 0 Å². The van der Waals surface area contributed by atoms with Crippen LogP contribution in [0.25, 0.3) is 5.69 Å². The summed E-state index contributed by atoms with van der Waals surface area (Å²) in [5, 5.41) is 14.0. The van der Waals surface area contributed by atoms with Crippen molar-refractivity contribution in [1.82, 2.24) is 30.4 Å². The maximum absolute atomic E-state index is 12.3. The van der Waals surface area contributed by atoms with Crippen molar-refractivity contribution in [3.63, 3.8) is 0 Å². The Labute approximate surface area is 129 Å². The van der Waals surface area contributed by atoms with Crippen LogP contribution in [0.1, 0.15) is 30.1 Å². The molecular weight excluding hydrogens is 280 g/mol. The summed E-state index contributed by atoms with van der Waals surface area (Å²) in [5.41, 5.74) is 1.38. The molecule has 1 fully saturated rings. The Bertz CT molecular complexity index is 621. The van der Waals surface area contributed by atoms with Gasteiger partial charge >= 0.3 is 0 Å². The molecule has 116 valence electrons. The fourth-order valence-corrected chi connectivity index (χ4v) is 2.72. The number of aromatic nitrogens is 4. The smallest absolute Gasteiger partial charge is 0.251 e. The van der Waals surface area contributed by atoms with Crippen molar-refractivity contribution < 1.29 is 4.79 Å². The first-order valence-corrected chi connectivity index (χ1v) is 7.60. The highest BCUT2D eigenvalue weighted by Gasteiger charge is 2.18. The molecule has 7 heteroatoms. The number of carbonyl (C=O) groups is 1. The summed E-state index contributed by atoms with van der Waals surface area (Å²) < 4.78 is 1.53. The first-order valence-electron chi connectivity index (χ1n) is 7.60. The van der Waals surface area contributed by atoms with Crippen molar-refractivity contribution in [2.75, 3.05) is 19.6 Å². The third kappa shape index (κ3) is 3.30. The van der Waals surface area contributed by atoms with Gasteiger partial charge in [0.2, 0.25) is 0 Å². The van der Waals surface area contributed by atoms with E-state index in [0.29, 0.717) is 18.2 Å². The molecule has 1 aliphatic rings. The number of amides is 1. The van der Waals surface area contributed by atoms with E-state index in [-0.39, 0.29) is 5.91 Å². The van der Waals surface area contributed by atoms with Gasteiger partial charge in [-0.3, -0.25) is 9.69 Å². The van der Waals surface area contributed by atoms with Gasteiger partial charge in [0.05, 0.1) is 5.69 Å². The Hall–Kier alpha value is -2.28. The molecule has 0 unspecified atom stereocenters. The van der Waals surface area contributed by atoms with Crippen LogP contribution in [0.15, 0.2) is 30.6 Å². The Morgan fingerprint density at radius 1 is 1.36 bits per heavy atom. The van der Waals surface area contributed by atoms with E-state index in [1.54, 1.807) is 12.1 Å². The lowest BCUT2D eigenvalue weighted by Gasteiger charge is -2.23. The Balaban J connectivity index is 1.61. The highest BCUT2D eigenvalue weighted by atomic mass is 16.1. The Kier molecular flexibility index (Phi) is 4.43. The highest BCUT2D eigenvalue weighted by molar-refractivity contribution is 5.94. The Morgan fingerprint density at radius 2 is 2.18 bits per heavy atom. The first kappa shape index (κ1) is 14.6. The number of nitrogens with zero attached hydrogens (tertiary/aromatic N) is 5. The minimum atomic E-state index is -0.0685. The summed E-state index contributed by atoms with van der Waals surface area (Å²) in [6.07, 6.45) is 4.02. The maximum atomic E-state index is 12.3. The third-order valence-corrected chi connectivity index (χ3v) is 4.04. The summed E-state index contributed by atoms with van der Waals surface area (Å²) in [4.78, 5) is 14.7. The first-order chi connectivity index (χ1) is 10.7. The van der Waals surface area contributed by atoms with Gasteiger partial charge in [0, 0.05) is 18.2 Å². The zero-order chi connectivity index (χ0) is 15.4. The molecule has 2 aromatic rings. The van der Waals surface area contributed by atoms with E-state index in [1.165, 1.54) is 23.9 Å². The van der Waals surface area contributed by atoms with E-state index >= 15 is 0 Å². The van der Waals surface area contributed by atoms with E-state index in [9.17, 15) is 4.79 Å². The molecule has 0 aliphatic carbocycles. The highest BCUT2D eigenvalue weighted by Crippen LogP contribution is 2.12. The average molecular weight is 300 g/mol. The number of carbonyl (C=O) groups excluding carboxylic acids is 1. The molecule has 0 saturated carbocycles. The van der Waals surface area contributed by atoms with Crippen molar-refractivity contribution >= 4 is 5.91 Å². The minimum Gasteiger partial charge on any atom is -0.350 e. The van der Waals surface area contributed by atoms with Gasteiger partial charge in [0.15, 0.2) is 0 Å². The van der Waals surface area contributed by atoms with Gasteiger partial charge in [-0.1, -0.05) is 6.07 Å². The number of tetrazole rings is 1. The van der Waals surface area contributed by atoms with Crippen LogP contribution in [0.2, 0.25) is 0 Å². The molecule has 1 N–H and O–H groups in total. The molecular formula is C15H20N6O. The number of nitrogens with one attached hydrogen (secondary N) is 1. The monoisotopic (exact) mass is 300 g/mol. The van der Waals surface area contributed by atoms with Gasteiger partial charge in [-0.15, -0.1) is 5.10 Å². The van der Waals surface area contributed by atoms with E-state index in [1.807, 2.05) is 12.1 Å². The van der Waals surface area contributed by atoms with Gasteiger partial charge in [-0.05, 0) is 61.5 Å². The second-order valence-corrected chi connectivity index (χ2v) is 5.61. The topological polar surface area (TPSA) is 75.9 Å². The molecule has 22 heavy (non-hydrogen) atoms. The molecule has 1 aromatic carbocycles. The standard InChI is InChI=1S/C15H20N6O/c1-12(20-7-2-3-8-20)10-16-15(22)13-5-4-6-14(9-13)21-11-17-18-19-21/h4-6,9,11-12H,2-3,7-8,10H2,1H3,(H,16,22)/t12-/m1/s1. The van der Waals surface area contributed by atoms with E-state index in [0.717, 1.165) is 18.8 Å². The van der Waals surface area contributed by atoms with Gasteiger partial charge in [-0.2, -0.15) is 0 Å².